The second-order valence-corrected chi connectivity index (χ2v) is 18.9. The minimum absolute atomic E-state index is 0.00701. The Morgan fingerprint density at radius 3 is 2.23 bits per heavy atom. The van der Waals surface area contributed by atoms with Crippen molar-refractivity contribution in [3.8, 4) is 0 Å². The molecular weight excluding hydrogens is 794 g/mol. The first-order valence-electron chi connectivity index (χ1n) is 22.7. The molecule has 5 nitrogen and oxygen atoms in total. The largest absolute Gasteiger partial charge is 0.416 e. The maximum Gasteiger partial charge on any atom is 0.416 e. The Kier molecular flexibility index (Phi) is 17.3. The van der Waals surface area contributed by atoms with Gasteiger partial charge in [0.05, 0.1) is 18.3 Å². The molecule has 0 radical (unpaired) electrons. The van der Waals surface area contributed by atoms with Crippen LogP contribution in [0.5, 0.6) is 0 Å². The summed E-state index contributed by atoms with van der Waals surface area (Å²) in [5.74, 6) is -1.53. The Bertz CT molecular complexity index is 1980. The average molecular weight is 864 g/mol. The first-order chi connectivity index (χ1) is 29.5. The Morgan fingerprint density at radius 2 is 1.65 bits per heavy atom. The molecule has 0 spiro atoms. The fraction of sp³-hybridized carbons (Fsp3) is 0.577. The summed E-state index contributed by atoms with van der Waals surface area (Å²) in [5, 5.41) is 10.3. The van der Waals surface area contributed by atoms with Gasteiger partial charge in [-0.05, 0) is 160 Å². The molecule has 340 valence electrons. The summed E-state index contributed by atoms with van der Waals surface area (Å²) < 4.78 is 78.2. The zero-order valence-electron chi connectivity index (χ0n) is 38.1. The molecule has 3 aliphatic carbocycles. The van der Waals surface area contributed by atoms with E-state index in [0.29, 0.717) is 31.8 Å². The number of allylic oxidation sites excluding steroid dienone is 3. The van der Waals surface area contributed by atoms with Gasteiger partial charge >= 0.3 is 6.18 Å². The average Bonchev–Trinajstić information content (AvgIpc) is 3.97. The number of fused-ring (bicyclic) bond motifs is 1. The van der Waals surface area contributed by atoms with Crippen LogP contribution in [0.1, 0.15) is 179 Å². The van der Waals surface area contributed by atoms with Crippen molar-refractivity contribution in [3.05, 3.63) is 122 Å². The molecule has 3 aliphatic rings. The molecular formula is C52H70F5N3O2. The zero-order chi connectivity index (χ0) is 45.2. The van der Waals surface area contributed by atoms with E-state index in [0.717, 1.165) is 121 Å². The maximum atomic E-state index is 15.0. The number of nitrogens with zero attached hydrogens (tertiary/aromatic N) is 2. The second-order valence-electron chi connectivity index (χ2n) is 18.9. The van der Waals surface area contributed by atoms with Crippen molar-refractivity contribution in [2.45, 2.75) is 161 Å². The number of alkyl halides is 5. The highest BCUT2D eigenvalue weighted by Gasteiger charge is 2.43. The number of hydrogen-bond acceptors (Lipinski definition) is 5. The minimum atomic E-state index is -4.46. The van der Waals surface area contributed by atoms with Crippen molar-refractivity contribution in [1.82, 2.24) is 10.3 Å². The summed E-state index contributed by atoms with van der Waals surface area (Å²) in [7, 11) is 2.94. The fourth-order valence-electron chi connectivity index (χ4n) is 9.78. The first kappa shape index (κ1) is 49.3. The molecule has 2 N–H and O–H groups in total. The Hall–Kier alpha value is -3.73. The van der Waals surface area contributed by atoms with Crippen molar-refractivity contribution in [2.75, 3.05) is 20.7 Å². The Labute approximate surface area is 367 Å². The van der Waals surface area contributed by atoms with E-state index in [1.165, 1.54) is 17.6 Å². The molecule has 0 aliphatic heterocycles. The molecule has 6 rings (SSSR count). The predicted molar refractivity (Wildman–Crippen MR) is 242 cm³/mol. The van der Waals surface area contributed by atoms with E-state index < -0.39 is 17.7 Å². The van der Waals surface area contributed by atoms with Crippen molar-refractivity contribution < 1.29 is 31.8 Å². The molecule has 4 atom stereocenters. The van der Waals surface area contributed by atoms with Gasteiger partial charge in [-0.15, -0.1) is 0 Å². The fourth-order valence-corrected chi connectivity index (χ4v) is 9.78. The molecule has 3 aromatic rings. The number of aliphatic hydroxyl groups excluding tert-OH is 1. The van der Waals surface area contributed by atoms with Crippen LogP contribution in [0.3, 0.4) is 0 Å². The van der Waals surface area contributed by atoms with Crippen molar-refractivity contribution in [3.63, 3.8) is 0 Å². The summed E-state index contributed by atoms with van der Waals surface area (Å²) in [6, 6.07) is 14.2. The number of benzene rings is 2. The van der Waals surface area contributed by atoms with Crippen LogP contribution in [0, 0.1) is 11.3 Å². The smallest absolute Gasteiger partial charge is 0.400 e. The lowest BCUT2D eigenvalue weighted by atomic mass is 9.68. The number of pyridine rings is 1. The molecule has 0 amide bonds. The standard InChI is InChI=1S/C51H66F5N3O.CH4O/c1-8-9-37(31-58-7)26-33(2)10-15-40(22-25-57-6)48-43(28-35-13-18-41(19-14-35)51(54,55)56)46(39-20-23-50(52,53)24-21-39)47-44(59-48)29-49(4,5)30-45(47)60-32-36-11-16-38(17-12-36)42-27-34(42)3;1-2/h11-14,16-19,26,31,34,39-40,42,45,57H,7-10,15,20-25,27-30,32H2,1-6H3;2H,1H3/b33-26-,37-31-;/t34?,40?,42?,45-;/m0./s1. The van der Waals surface area contributed by atoms with Crippen LogP contribution >= 0.6 is 0 Å². The van der Waals surface area contributed by atoms with E-state index in [2.05, 4.69) is 82.0 Å². The van der Waals surface area contributed by atoms with Crippen molar-refractivity contribution in [1.29, 1.82) is 0 Å². The van der Waals surface area contributed by atoms with E-state index in [4.69, 9.17) is 14.8 Å². The van der Waals surface area contributed by atoms with Gasteiger partial charge in [0.25, 0.3) is 0 Å². The van der Waals surface area contributed by atoms with Gasteiger partial charge in [-0.25, -0.2) is 8.78 Å². The minimum Gasteiger partial charge on any atom is -0.400 e. The third kappa shape index (κ3) is 13.2. The summed E-state index contributed by atoms with van der Waals surface area (Å²) in [6.45, 7) is 15.9. The molecule has 3 unspecified atom stereocenters. The third-order valence-corrected chi connectivity index (χ3v) is 13.2. The van der Waals surface area contributed by atoms with Crippen LogP contribution in [0.4, 0.5) is 22.0 Å². The number of ether oxygens (including phenoxy) is 1. The number of aliphatic hydroxyl groups is 1. The molecule has 0 bridgehead atoms. The lowest BCUT2D eigenvalue weighted by Gasteiger charge is -2.41. The predicted octanol–water partition coefficient (Wildman–Crippen LogP) is 13.8. The number of aromatic nitrogens is 1. The molecule has 10 heteroatoms. The van der Waals surface area contributed by atoms with E-state index >= 15 is 0 Å². The monoisotopic (exact) mass is 864 g/mol. The van der Waals surface area contributed by atoms with Gasteiger partial charge in [-0.3, -0.25) is 9.98 Å². The van der Waals surface area contributed by atoms with Gasteiger partial charge in [-0.1, -0.05) is 82.2 Å². The normalized spacial score (nSPS) is 21.7. The second kappa shape index (κ2) is 21.8. The Morgan fingerprint density at radius 1 is 1.00 bits per heavy atom. The van der Waals surface area contributed by atoms with E-state index in [1.807, 2.05) is 13.2 Å². The van der Waals surface area contributed by atoms with Crippen molar-refractivity contribution in [2.24, 2.45) is 16.3 Å². The van der Waals surface area contributed by atoms with Crippen molar-refractivity contribution >= 4 is 6.72 Å². The summed E-state index contributed by atoms with van der Waals surface area (Å²) in [5.41, 5.74) is 9.67. The van der Waals surface area contributed by atoms with Gasteiger partial charge < -0.3 is 15.2 Å². The maximum absolute atomic E-state index is 15.0. The van der Waals surface area contributed by atoms with Gasteiger partial charge in [0.2, 0.25) is 5.92 Å². The van der Waals surface area contributed by atoms with E-state index in [-0.39, 0.29) is 36.2 Å². The lowest BCUT2D eigenvalue weighted by Crippen LogP contribution is -2.33. The van der Waals surface area contributed by atoms with Gasteiger partial charge in [-0.2, -0.15) is 13.2 Å². The molecule has 1 heterocycles. The van der Waals surface area contributed by atoms with Gasteiger partial charge in [0.15, 0.2) is 0 Å². The first-order valence-corrected chi connectivity index (χ1v) is 22.7. The summed E-state index contributed by atoms with van der Waals surface area (Å²) >= 11 is 0. The SMILES string of the molecule is C=N/C=C(\C=C(\C)CCC(CCNC)c1nc2c(c(C3CCC(F)(F)CC3)c1Cc1ccc(C(F)(F)F)cc1)[C@@H](OCc1ccc(C3CC3C)cc1)CC(C)(C)C2)CCC.CO. The number of aliphatic imine (C=N–C) groups is 1. The zero-order valence-corrected chi connectivity index (χ0v) is 38.1. The number of hydrogen-bond donors (Lipinski definition) is 2. The highest BCUT2D eigenvalue weighted by molar-refractivity contribution is 5.50. The summed E-state index contributed by atoms with van der Waals surface area (Å²) in [6.07, 6.45) is 6.84. The molecule has 2 fully saturated rings. The van der Waals surface area contributed by atoms with Crippen LogP contribution < -0.4 is 5.32 Å². The van der Waals surface area contributed by atoms with Crippen LogP contribution in [0.25, 0.3) is 0 Å². The van der Waals surface area contributed by atoms with Gasteiger partial charge in [0, 0.05) is 49.0 Å². The topological polar surface area (TPSA) is 66.7 Å². The third-order valence-electron chi connectivity index (χ3n) is 13.2. The van der Waals surface area contributed by atoms with Gasteiger partial charge in [0.1, 0.15) is 0 Å². The number of rotatable bonds is 18. The van der Waals surface area contributed by atoms with Crippen LogP contribution in [-0.4, -0.2) is 43.4 Å². The summed E-state index contributed by atoms with van der Waals surface area (Å²) in [4.78, 5) is 9.69. The van der Waals surface area contributed by atoms with E-state index in [9.17, 15) is 22.0 Å². The quantitative estimate of drug-likeness (QED) is 0.0759. The lowest BCUT2D eigenvalue weighted by molar-refractivity contribution is -0.137. The number of nitrogens with one attached hydrogen (secondary N) is 1. The Balaban J connectivity index is 0.00000358. The molecule has 2 aromatic carbocycles. The molecule has 2 saturated carbocycles. The van der Waals surface area contributed by atoms with Crippen LogP contribution in [0.2, 0.25) is 0 Å². The highest BCUT2D eigenvalue weighted by atomic mass is 19.4. The molecule has 62 heavy (non-hydrogen) atoms. The van der Waals surface area contributed by atoms with Crippen LogP contribution in [0.15, 0.2) is 76.9 Å². The number of halogens is 5. The van der Waals surface area contributed by atoms with Crippen LogP contribution in [-0.2, 0) is 30.4 Å². The van der Waals surface area contributed by atoms with E-state index in [1.54, 1.807) is 12.1 Å². The highest BCUT2D eigenvalue weighted by Crippen LogP contribution is 2.52. The molecule has 1 aromatic heterocycles. The molecule has 0 saturated heterocycles.